The highest BCUT2D eigenvalue weighted by Gasteiger charge is 2.09. The second-order valence-corrected chi connectivity index (χ2v) is 3.96. The smallest absolute Gasteiger partial charge is 0.257 e. The maximum absolute atomic E-state index is 11.9. The van der Waals surface area contributed by atoms with Gasteiger partial charge in [0.2, 0.25) is 0 Å². The van der Waals surface area contributed by atoms with Crippen molar-refractivity contribution in [3.8, 4) is 0 Å². The van der Waals surface area contributed by atoms with Gasteiger partial charge in [-0.15, -0.1) is 0 Å². The number of hydrogen-bond donors (Lipinski definition) is 2. The molecule has 2 aromatic carbocycles. The summed E-state index contributed by atoms with van der Waals surface area (Å²) in [6.07, 6.45) is 0. The van der Waals surface area contributed by atoms with Crippen LogP contribution in [0.15, 0.2) is 48.5 Å². The molecule has 86 valence electrons. The zero-order valence-electron chi connectivity index (χ0n) is 8.98. The molecule has 17 heavy (non-hydrogen) atoms. The average Bonchev–Trinajstić information content (AvgIpc) is 2.32. The van der Waals surface area contributed by atoms with Gasteiger partial charge in [0.15, 0.2) is 0 Å². The van der Waals surface area contributed by atoms with Crippen molar-refractivity contribution in [2.75, 3.05) is 11.1 Å². The molecule has 0 unspecified atom stereocenters. The highest BCUT2D eigenvalue weighted by atomic mass is 35.5. The third-order valence-corrected chi connectivity index (χ3v) is 2.62. The Morgan fingerprint density at radius 1 is 1.06 bits per heavy atom. The predicted molar refractivity (Wildman–Crippen MR) is 70.3 cm³/mol. The van der Waals surface area contributed by atoms with E-state index in [0.717, 1.165) is 0 Å². The minimum Gasteiger partial charge on any atom is -0.399 e. The summed E-state index contributed by atoms with van der Waals surface area (Å²) in [7, 11) is 0. The van der Waals surface area contributed by atoms with Crippen LogP contribution in [0, 0.1) is 0 Å². The number of nitrogens with two attached hydrogens (primary N) is 1. The van der Waals surface area contributed by atoms with Crippen LogP contribution in [-0.4, -0.2) is 5.91 Å². The minimum absolute atomic E-state index is 0.236. The molecule has 3 N–H and O–H groups in total. The Balaban J connectivity index is 2.17. The van der Waals surface area contributed by atoms with Crippen LogP contribution in [0.1, 0.15) is 10.4 Å². The van der Waals surface area contributed by atoms with Gasteiger partial charge in [-0.2, -0.15) is 0 Å². The van der Waals surface area contributed by atoms with Crippen LogP contribution in [0.3, 0.4) is 0 Å². The number of hydrogen-bond acceptors (Lipinski definition) is 2. The molecule has 0 aromatic heterocycles. The van der Waals surface area contributed by atoms with Crippen molar-refractivity contribution in [3.05, 3.63) is 59.1 Å². The molecule has 0 spiro atoms. The van der Waals surface area contributed by atoms with E-state index < -0.39 is 0 Å². The van der Waals surface area contributed by atoms with Gasteiger partial charge < -0.3 is 11.1 Å². The van der Waals surface area contributed by atoms with Crippen molar-refractivity contribution in [3.63, 3.8) is 0 Å². The van der Waals surface area contributed by atoms with E-state index in [-0.39, 0.29) is 5.91 Å². The third kappa shape index (κ3) is 2.77. The van der Waals surface area contributed by atoms with Gasteiger partial charge in [0.1, 0.15) is 0 Å². The van der Waals surface area contributed by atoms with Crippen molar-refractivity contribution in [1.82, 2.24) is 0 Å². The number of carbonyl (C=O) groups is 1. The number of anilines is 2. The summed E-state index contributed by atoms with van der Waals surface area (Å²) in [6.45, 7) is 0. The number of halogens is 1. The van der Waals surface area contributed by atoms with Gasteiger partial charge in [0.05, 0.1) is 10.6 Å². The van der Waals surface area contributed by atoms with Crippen molar-refractivity contribution in [1.29, 1.82) is 0 Å². The Hall–Kier alpha value is -2.00. The third-order valence-electron chi connectivity index (χ3n) is 2.29. The summed E-state index contributed by atoms with van der Waals surface area (Å²) >= 11 is 5.93. The van der Waals surface area contributed by atoms with Gasteiger partial charge in [-0.1, -0.05) is 23.7 Å². The van der Waals surface area contributed by atoms with Crippen LogP contribution in [0.25, 0.3) is 0 Å². The molecular weight excluding hydrogens is 236 g/mol. The van der Waals surface area contributed by atoms with Crippen molar-refractivity contribution in [2.45, 2.75) is 0 Å². The number of amides is 1. The van der Waals surface area contributed by atoms with E-state index >= 15 is 0 Å². The van der Waals surface area contributed by atoms with Crippen LogP contribution in [0.2, 0.25) is 5.02 Å². The summed E-state index contributed by atoms with van der Waals surface area (Å²) in [5.74, 6) is -0.236. The lowest BCUT2D eigenvalue weighted by atomic mass is 10.2. The Morgan fingerprint density at radius 3 is 2.35 bits per heavy atom. The first-order chi connectivity index (χ1) is 8.16. The first-order valence-corrected chi connectivity index (χ1v) is 5.46. The lowest BCUT2D eigenvalue weighted by Gasteiger charge is -2.06. The van der Waals surface area contributed by atoms with Crippen LogP contribution in [-0.2, 0) is 0 Å². The Kier molecular flexibility index (Phi) is 3.30. The SMILES string of the molecule is Nc1ccc(NC(=O)c2ccccc2Cl)cc1. The van der Waals surface area contributed by atoms with Crippen molar-refractivity contribution in [2.24, 2.45) is 0 Å². The normalized spacial score (nSPS) is 9.94. The molecule has 0 heterocycles. The second kappa shape index (κ2) is 4.89. The molecule has 0 aliphatic heterocycles. The fourth-order valence-electron chi connectivity index (χ4n) is 1.41. The molecular formula is C13H11ClN2O. The van der Waals surface area contributed by atoms with Crippen LogP contribution in [0.5, 0.6) is 0 Å². The first-order valence-electron chi connectivity index (χ1n) is 5.08. The average molecular weight is 247 g/mol. The molecule has 0 saturated heterocycles. The molecule has 0 fully saturated rings. The number of nitrogen functional groups attached to an aromatic ring is 1. The van der Waals surface area contributed by atoms with Gasteiger partial charge >= 0.3 is 0 Å². The molecule has 3 nitrogen and oxygen atoms in total. The van der Waals surface area contributed by atoms with E-state index in [0.29, 0.717) is 22.0 Å². The number of rotatable bonds is 2. The van der Waals surface area contributed by atoms with E-state index in [9.17, 15) is 4.79 Å². The molecule has 0 aliphatic rings. The highest BCUT2D eigenvalue weighted by Crippen LogP contribution is 2.17. The fraction of sp³-hybridized carbons (Fsp3) is 0. The molecule has 0 bridgehead atoms. The number of nitrogens with one attached hydrogen (secondary N) is 1. The molecule has 0 aliphatic carbocycles. The molecule has 0 saturated carbocycles. The van der Waals surface area contributed by atoms with Crippen molar-refractivity contribution >= 4 is 28.9 Å². The number of benzene rings is 2. The maximum atomic E-state index is 11.9. The Morgan fingerprint density at radius 2 is 1.71 bits per heavy atom. The molecule has 2 rings (SSSR count). The number of carbonyl (C=O) groups excluding carboxylic acids is 1. The zero-order valence-corrected chi connectivity index (χ0v) is 9.74. The monoisotopic (exact) mass is 246 g/mol. The quantitative estimate of drug-likeness (QED) is 0.800. The predicted octanol–water partition coefficient (Wildman–Crippen LogP) is 3.17. The van der Waals surface area contributed by atoms with Gasteiger partial charge in [-0.3, -0.25) is 4.79 Å². The zero-order chi connectivity index (χ0) is 12.3. The lowest BCUT2D eigenvalue weighted by Crippen LogP contribution is -2.12. The minimum atomic E-state index is -0.236. The summed E-state index contributed by atoms with van der Waals surface area (Å²) in [6, 6.07) is 13.8. The van der Waals surface area contributed by atoms with Crippen LogP contribution in [0.4, 0.5) is 11.4 Å². The lowest BCUT2D eigenvalue weighted by molar-refractivity contribution is 0.102. The largest absolute Gasteiger partial charge is 0.399 e. The fourth-order valence-corrected chi connectivity index (χ4v) is 1.63. The molecule has 1 amide bonds. The Labute approximate surface area is 104 Å². The van der Waals surface area contributed by atoms with E-state index in [2.05, 4.69) is 5.32 Å². The molecule has 0 atom stereocenters. The first kappa shape index (κ1) is 11.5. The molecule has 0 radical (unpaired) electrons. The summed E-state index contributed by atoms with van der Waals surface area (Å²) in [4.78, 5) is 11.9. The topological polar surface area (TPSA) is 55.1 Å². The van der Waals surface area contributed by atoms with Crippen LogP contribution < -0.4 is 11.1 Å². The van der Waals surface area contributed by atoms with Gasteiger partial charge in [-0.05, 0) is 36.4 Å². The summed E-state index contributed by atoms with van der Waals surface area (Å²) in [5.41, 5.74) is 7.35. The molecule has 4 heteroatoms. The molecule has 2 aromatic rings. The maximum Gasteiger partial charge on any atom is 0.257 e. The van der Waals surface area contributed by atoms with E-state index in [4.69, 9.17) is 17.3 Å². The summed E-state index contributed by atoms with van der Waals surface area (Å²) in [5, 5.41) is 3.18. The Bertz CT molecular complexity index is 537. The summed E-state index contributed by atoms with van der Waals surface area (Å²) < 4.78 is 0. The second-order valence-electron chi connectivity index (χ2n) is 3.56. The van der Waals surface area contributed by atoms with E-state index in [1.165, 1.54) is 0 Å². The van der Waals surface area contributed by atoms with Gasteiger partial charge in [0.25, 0.3) is 5.91 Å². The standard InChI is InChI=1S/C13H11ClN2O/c14-12-4-2-1-3-11(12)13(17)16-10-7-5-9(15)6-8-10/h1-8H,15H2,(H,16,17). The van der Waals surface area contributed by atoms with Gasteiger partial charge in [0, 0.05) is 11.4 Å². The van der Waals surface area contributed by atoms with Crippen molar-refractivity contribution < 1.29 is 4.79 Å². The van der Waals surface area contributed by atoms with Crippen LogP contribution >= 0.6 is 11.6 Å². The van der Waals surface area contributed by atoms with Gasteiger partial charge in [-0.25, -0.2) is 0 Å². The van der Waals surface area contributed by atoms with E-state index in [1.807, 2.05) is 0 Å². The van der Waals surface area contributed by atoms with E-state index in [1.54, 1.807) is 48.5 Å². The highest BCUT2D eigenvalue weighted by molar-refractivity contribution is 6.34.